The highest BCUT2D eigenvalue weighted by Gasteiger charge is 2.28. The maximum absolute atomic E-state index is 12.6. The minimum absolute atomic E-state index is 0.0364. The molecule has 6 aromatic carbocycles. The minimum Gasteiger partial charge on any atom is -0.378 e. The van der Waals surface area contributed by atoms with Crippen molar-refractivity contribution in [1.82, 2.24) is 0 Å². The van der Waals surface area contributed by atoms with Crippen LogP contribution in [0.3, 0.4) is 0 Å². The SMILES string of the molecule is O=C1ON=C(c2ccccc2)/C1=C/c1ccccc1.O=C1ON=C(c2ccccc2)/C1=C/c1ccccc1OS(=O)(=O)c1ccccc1.O=S(=O)(O)c1ccccc1. The molecule has 12 nitrogen and oxygen atoms in total. The number of carbonyl (C=O) groups excluding carboxylic acids is 2. The van der Waals surface area contributed by atoms with Crippen LogP contribution in [0.4, 0.5) is 0 Å². The molecule has 58 heavy (non-hydrogen) atoms. The molecule has 0 unspecified atom stereocenters. The van der Waals surface area contributed by atoms with Gasteiger partial charge in [-0.3, -0.25) is 4.55 Å². The Bertz CT molecular complexity index is 2740. The van der Waals surface area contributed by atoms with Crippen molar-refractivity contribution >= 4 is 55.8 Å². The summed E-state index contributed by atoms with van der Waals surface area (Å²) in [5, 5.41) is 7.72. The van der Waals surface area contributed by atoms with Gasteiger partial charge in [-0.25, -0.2) is 9.59 Å². The van der Waals surface area contributed by atoms with Crippen LogP contribution in [-0.4, -0.2) is 44.8 Å². The molecule has 14 heteroatoms. The Hall–Kier alpha value is -7.26. The van der Waals surface area contributed by atoms with Crippen molar-refractivity contribution in [3.63, 3.8) is 0 Å². The first-order valence-corrected chi connectivity index (χ1v) is 20.1. The van der Waals surface area contributed by atoms with E-state index >= 15 is 0 Å². The largest absolute Gasteiger partial charge is 0.378 e. The van der Waals surface area contributed by atoms with Gasteiger partial charge < -0.3 is 13.9 Å². The molecule has 6 aromatic rings. The van der Waals surface area contributed by atoms with Gasteiger partial charge in [-0.15, -0.1) is 0 Å². The molecule has 0 saturated carbocycles. The average Bonchev–Trinajstić information content (AvgIpc) is 3.80. The van der Waals surface area contributed by atoms with Crippen molar-refractivity contribution in [3.8, 4) is 5.75 Å². The van der Waals surface area contributed by atoms with E-state index in [2.05, 4.69) is 10.3 Å². The summed E-state index contributed by atoms with van der Waals surface area (Å²) in [6.45, 7) is 0. The van der Waals surface area contributed by atoms with Gasteiger partial charge in [0.25, 0.3) is 10.1 Å². The fraction of sp³-hybridized carbons (Fsp3) is 0. The van der Waals surface area contributed by atoms with E-state index in [-0.39, 0.29) is 21.1 Å². The predicted octanol–water partition coefficient (Wildman–Crippen LogP) is 7.76. The van der Waals surface area contributed by atoms with E-state index in [1.165, 1.54) is 36.4 Å². The quantitative estimate of drug-likeness (QED) is 0.0692. The van der Waals surface area contributed by atoms with E-state index < -0.39 is 32.2 Å². The van der Waals surface area contributed by atoms with E-state index in [0.717, 1.165) is 11.1 Å². The van der Waals surface area contributed by atoms with Gasteiger partial charge in [-0.05, 0) is 48.0 Å². The third-order valence-corrected chi connectivity index (χ3v) is 10.2. The smallest absolute Gasteiger partial charge is 0.368 e. The van der Waals surface area contributed by atoms with Gasteiger partial charge in [0.15, 0.2) is 0 Å². The third-order valence-electron chi connectivity index (χ3n) is 8.09. The monoisotopic (exact) mass is 812 g/mol. The van der Waals surface area contributed by atoms with Crippen molar-refractivity contribution in [2.45, 2.75) is 9.79 Å². The van der Waals surface area contributed by atoms with E-state index in [1.54, 1.807) is 72.8 Å². The summed E-state index contributed by atoms with van der Waals surface area (Å²) in [5.41, 5.74) is 4.58. The molecule has 0 bridgehead atoms. The van der Waals surface area contributed by atoms with Crippen LogP contribution in [0.1, 0.15) is 22.3 Å². The first-order chi connectivity index (χ1) is 28.0. The van der Waals surface area contributed by atoms with Gasteiger partial charge in [0.05, 0.1) is 16.0 Å². The lowest BCUT2D eigenvalue weighted by molar-refractivity contribution is -0.137. The summed E-state index contributed by atoms with van der Waals surface area (Å²) in [4.78, 5) is 33.6. The predicted molar refractivity (Wildman–Crippen MR) is 217 cm³/mol. The van der Waals surface area contributed by atoms with Crippen molar-refractivity contribution in [1.29, 1.82) is 0 Å². The summed E-state index contributed by atoms with van der Waals surface area (Å²) in [6.07, 6.45) is 3.30. The van der Waals surface area contributed by atoms with Crippen LogP contribution in [0.15, 0.2) is 207 Å². The van der Waals surface area contributed by atoms with Crippen LogP contribution < -0.4 is 4.18 Å². The summed E-state index contributed by atoms with van der Waals surface area (Å²) < 4.78 is 59.7. The lowest BCUT2D eigenvalue weighted by Crippen LogP contribution is -2.11. The number of oxime groups is 2. The summed E-state index contributed by atoms with van der Waals surface area (Å²) in [5.74, 6) is -0.941. The highest BCUT2D eigenvalue weighted by atomic mass is 32.2. The Morgan fingerprint density at radius 2 is 0.879 bits per heavy atom. The number of para-hydroxylation sites is 1. The highest BCUT2D eigenvalue weighted by Crippen LogP contribution is 2.28. The zero-order valence-corrected chi connectivity index (χ0v) is 31.9. The zero-order valence-electron chi connectivity index (χ0n) is 30.2. The van der Waals surface area contributed by atoms with Crippen LogP contribution in [-0.2, 0) is 39.5 Å². The zero-order chi connectivity index (χ0) is 41.0. The van der Waals surface area contributed by atoms with Crippen LogP contribution in [0.5, 0.6) is 5.75 Å². The third kappa shape index (κ3) is 10.5. The molecule has 0 saturated heterocycles. The number of nitrogens with zero attached hydrogens (tertiary/aromatic N) is 2. The molecule has 1 N–H and O–H groups in total. The molecule has 2 heterocycles. The number of hydrogen-bond acceptors (Lipinski definition) is 11. The lowest BCUT2D eigenvalue weighted by Gasteiger charge is -2.10. The number of benzene rings is 6. The first kappa shape index (κ1) is 40.4. The fourth-order valence-corrected chi connectivity index (χ4v) is 6.80. The Morgan fingerprint density at radius 1 is 0.483 bits per heavy atom. The number of hydrogen-bond donors (Lipinski definition) is 1. The Morgan fingerprint density at radius 3 is 1.34 bits per heavy atom. The molecule has 0 aromatic heterocycles. The van der Waals surface area contributed by atoms with Gasteiger partial charge in [-0.2, -0.15) is 16.8 Å². The molecule has 2 aliphatic rings. The molecular formula is C44H32N2O10S2. The van der Waals surface area contributed by atoms with Gasteiger partial charge in [0.2, 0.25) is 0 Å². The van der Waals surface area contributed by atoms with Gasteiger partial charge in [0.1, 0.15) is 22.1 Å². The van der Waals surface area contributed by atoms with Gasteiger partial charge in [0, 0.05) is 16.7 Å². The molecular weight excluding hydrogens is 781 g/mol. The topological polar surface area (TPSA) is 175 Å². The molecule has 0 fully saturated rings. The van der Waals surface area contributed by atoms with Gasteiger partial charge >= 0.3 is 22.1 Å². The second kappa shape index (κ2) is 18.6. The maximum atomic E-state index is 12.6. The maximum Gasteiger partial charge on any atom is 0.368 e. The van der Waals surface area contributed by atoms with Crippen molar-refractivity contribution in [2.75, 3.05) is 0 Å². The first-order valence-electron chi connectivity index (χ1n) is 17.3. The van der Waals surface area contributed by atoms with Crippen molar-refractivity contribution < 1.29 is 44.8 Å². The normalized spacial score (nSPS) is 14.8. The van der Waals surface area contributed by atoms with Crippen LogP contribution in [0.25, 0.3) is 12.2 Å². The lowest BCUT2D eigenvalue weighted by atomic mass is 10.0. The molecule has 290 valence electrons. The van der Waals surface area contributed by atoms with Crippen molar-refractivity contribution in [3.05, 3.63) is 209 Å². The van der Waals surface area contributed by atoms with Gasteiger partial charge in [-0.1, -0.05) is 156 Å². The molecule has 8 rings (SSSR count). The van der Waals surface area contributed by atoms with Crippen LogP contribution in [0.2, 0.25) is 0 Å². The number of carbonyl (C=O) groups is 2. The Labute approximate surface area is 334 Å². The average molecular weight is 813 g/mol. The summed E-state index contributed by atoms with van der Waals surface area (Å²) in [6, 6.07) is 50.1. The van der Waals surface area contributed by atoms with E-state index in [9.17, 15) is 26.4 Å². The Balaban J connectivity index is 0.000000167. The van der Waals surface area contributed by atoms with Crippen LogP contribution >= 0.6 is 0 Å². The molecule has 0 radical (unpaired) electrons. The van der Waals surface area contributed by atoms with E-state index in [4.69, 9.17) is 18.4 Å². The summed E-state index contributed by atoms with van der Waals surface area (Å²) >= 11 is 0. The van der Waals surface area contributed by atoms with Crippen molar-refractivity contribution in [2.24, 2.45) is 10.3 Å². The van der Waals surface area contributed by atoms with Crippen LogP contribution in [0, 0.1) is 0 Å². The molecule has 0 spiro atoms. The van der Waals surface area contributed by atoms with E-state index in [1.807, 2.05) is 78.9 Å². The highest BCUT2D eigenvalue weighted by molar-refractivity contribution is 7.87. The Kier molecular flexibility index (Phi) is 12.9. The second-order valence-electron chi connectivity index (χ2n) is 12.1. The molecule has 0 amide bonds. The van der Waals surface area contributed by atoms with E-state index in [0.29, 0.717) is 28.1 Å². The molecule has 2 aliphatic heterocycles. The fourth-order valence-electron chi connectivity index (χ4n) is 5.32. The number of rotatable bonds is 8. The standard InChI is InChI=1S/C22H15NO5S.C16H11NO2.C6H6O3S/c24-22-19(21(23-27-22)16-9-3-1-4-10-16)15-17-11-7-8-14-20(17)28-29(25,26)18-12-5-2-6-13-18;18-16-14(11-12-7-3-1-4-8-12)15(17-19-16)13-9-5-2-6-10-13;7-10(8,9)6-4-2-1-3-5-6/h1-15H;1-11H;1-5H,(H,7,8,9)/b19-15-;14-11-;. The second-order valence-corrected chi connectivity index (χ2v) is 15.0. The molecule has 0 aliphatic carbocycles. The summed E-state index contributed by atoms with van der Waals surface area (Å²) in [7, 11) is -8.03. The minimum atomic E-state index is -4.02. The molecule has 0 atom stereocenters.